The van der Waals surface area contributed by atoms with Crippen LogP contribution in [0.2, 0.25) is 0 Å². The zero-order valence-corrected chi connectivity index (χ0v) is 14.8. The number of carboxylic acid groups (broad SMARTS) is 1. The highest BCUT2D eigenvalue weighted by Crippen LogP contribution is 2.19. The van der Waals surface area contributed by atoms with E-state index in [9.17, 15) is 19.5 Å². The number of carbonyl (C=O) groups excluding carboxylic acids is 2. The van der Waals surface area contributed by atoms with Crippen LogP contribution in [-0.2, 0) is 20.8 Å². The maximum atomic E-state index is 12.4. The van der Waals surface area contributed by atoms with Gasteiger partial charge in [-0.1, -0.05) is 44.2 Å². The maximum Gasteiger partial charge on any atom is 0.326 e. The van der Waals surface area contributed by atoms with Crippen molar-refractivity contribution >= 4 is 17.8 Å². The van der Waals surface area contributed by atoms with Gasteiger partial charge in [0.25, 0.3) is 0 Å². The molecule has 2 rings (SSSR count). The summed E-state index contributed by atoms with van der Waals surface area (Å²) in [5.74, 6) is -1.46. The number of likely N-dealkylation sites (tertiary alicyclic amines) is 1. The van der Waals surface area contributed by atoms with Gasteiger partial charge in [0.2, 0.25) is 11.8 Å². The Bertz CT molecular complexity index is 607. The average molecular weight is 346 g/mol. The molecule has 0 aliphatic carbocycles. The van der Waals surface area contributed by atoms with Gasteiger partial charge in [-0.15, -0.1) is 0 Å². The predicted octanol–water partition coefficient (Wildman–Crippen LogP) is 1.69. The van der Waals surface area contributed by atoms with Crippen molar-refractivity contribution < 1.29 is 19.5 Å². The molecule has 2 amide bonds. The van der Waals surface area contributed by atoms with Crippen LogP contribution in [0.3, 0.4) is 0 Å². The van der Waals surface area contributed by atoms with Crippen LogP contribution in [0.25, 0.3) is 0 Å². The summed E-state index contributed by atoms with van der Waals surface area (Å²) >= 11 is 0. The minimum absolute atomic E-state index is 0.0485. The minimum atomic E-state index is -1.04. The quantitative estimate of drug-likeness (QED) is 0.821. The number of hydrogen-bond acceptors (Lipinski definition) is 3. The molecule has 1 atom stereocenters. The summed E-state index contributed by atoms with van der Waals surface area (Å²) in [6.07, 6.45) is 1.40. The fraction of sp³-hybridized carbons (Fsp3) is 0.526. The smallest absolute Gasteiger partial charge is 0.326 e. The number of piperidine rings is 1. The van der Waals surface area contributed by atoms with E-state index in [2.05, 4.69) is 5.32 Å². The monoisotopic (exact) mass is 346 g/mol. The number of nitrogens with zero attached hydrogens (tertiary/aromatic N) is 1. The topological polar surface area (TPSA) is 86.7 Å². The van der Waals surface area contributed by atoms with E-state index in [4.69, 9.17) is 0 Å². The number of carboxylic acids is 1. The van der Waals surface area contributed by atoms with Gasteiger partial charge in [-0.3, -0.25) is 9.59 Å². The van der Waals surface area contributed by atoms with Crippen molar-refractivity contribution in [2.75, 3.05) is 13.1 Å². The maximum absolute atomic E-state index is 12.4. The van der Waals surface area contributed by atoms with Crippen molar-refractivity contribution in [3.8, 4) is 0 Å². The Hall–Kier alpha value is -2.37. The molecular weight excluding hydrogens is 320 g/mol. The third-order valence-corrected chi connectivity index (χ3v) is 4.57. The van der Waals surface area contributed by atoms with Crippen LogP contribution in [0.15, 0.2) is 30.3 Å². The summed E-state index contributed by atoms with van der Waals surface area (Å²) in [5, 5.41) is 12.0. The third kappa shape index (κ3) is 5.31. The van der Waals surface area contributed by atoms with Gasteiger partial charge in [0.1, 0.15) is 6.04 Å². The summed E-state index contributed by atoms with van der Waals surface area (Å²) in [5.41, 5.74) is 0.868. The lowest BCUT2D eigenvalue weighted by molar-refractivity contribution is -0.143. The van der Waals surface area contributed by atoms with E-state index in [1.54, 1.807) is 4.90 Å². The Morgan fingerprint density at radius 1 is 1.16 bits per heavy atom. The van der Waals surface area contributed by atoms with Crippen molar-refractivity contribution in [3.05, 3.63) is 35.9 Å². The summed E-state index contributed by atoms with van der Waals surface area (Å²) in [6.45, 7) is 4.82. The first-order valence-corrected chi connectivity index (χ1v) is 8.74. The Labute approximate surface area is 148 Å². The molecule has 2 N–H and O–H groups in total. The molecule has 6 nitrogen and oxygen atoms in total. The molecule has 0 spiro atoms. The largest absolute Gasteiger partial charge is 0.480 e. The zero-order chi connectivity index (χ0) is 18.4. The number of amides is 2. The lowest BCUT2D eigenvalue weighted by atomic mass is 9.94. The Morgan fingerprint density at radius 2 is 1.76 bits per heavy atom. The van der Waals surface area contributed by atoms with Crippen LogP contribution in [0.5, 0.6) is 0 Å². The van der Waals surface area contributed by atoms with Gasteiger partial charge >= 0.3 is 5.97 Å². The van der Waals surface area contributed by atoms with Crippen molar-refractivity contribution in [1.29, 1.82) is 0 Å². The molecule has 0 bridgehead atoms. The Kier molecular flexibility index (Phi) is 6.56. The van der Waals surface area contributed by atoms with Crippen LogP contribution in [-0.4, -0.2) is 46.9 Å². The summed E-state index contributed by atoms with van der Waals surface area (Å²) in [6, 6.07) is 8.31. The van der Waals surface area contributed by atoms with E-state index in [1.807, 2.05) is 44.2 Å². The zero-order valence-electron chi connectivity index (χ0n) is 14.8. The van der Waals surface area contributed by atoms with Crippen LogP contribution in [0.4, 0.5) is 0 Å². The number of carbonyl (C=O) groups is 3. The summed E-state index contributed by atoms with van der Waals surface area (Å²) < 4.78 is 0. The Balaban J connectivity index is 1.89. The molecular formula is C19H26N2O4. The second-order valence-corrected chi connectivity index (χ2v) is 6.84. The molecule has 25 heavy (non-hydrogen) atoms. The fourth-order valence-corrected chi connectivity index (χ4v) is 3.07. The Morgan fingerprint density at radius 3 is 2.28 bits per heavy atom. The number of hydrogen-bond donors (Lipinski definition) is 2. The molecule has 1 aromatic carbocycles. The van der Waals surface area contributed by atoms with Crippen molar-refractivity contribution in [2.24, 2.45) is 11.8 Å². The van der Waals surface area contributed by atoms with Gasteiger partial charge in [0.05, 0.1) is 0 Å². The third-order valence-electron chi connectivity index (χ3n) is 4.57. The standard InChI is InChI=1S/C19H26N2O4/c1-13(2)18(23)21-10-8-15(9-11-21)17(22)20-16(19(24)25)12-14-6-4-3-5-7-14/h3-7,13,15-16H,8-12H2,1-2H3,(H,20,22)(H,24,25). The van der Waals surface area contributed by atoms with Crippen LogP contribution in [0.1, 0.15) is 32.3 Å². The van der Waals surface area contributed by atoms with Gasteiger partial charge < -0.3 is 15.3 Å². The molecule has 136 valence electrons. The lowest BCUT2D eigenvalue weighted by Crippen LogP contribution is -2.48. The van der Waals surface area contributed by atoms with Crippen LogP contribution in [0, 0.1) is 11.8 Å². The van der Waals surface area contributed by atoms with Crippen LogP contribution >= 0.6 is 0 Å². The fourth-order valence-electron chi connectivity index (χ4n) is 3.07. The molecule has 0 radical (unpaired) electrons. The molecule has 1 saturated heterocycles. The molecule has 1 aliphatic heterocycles. The van der Waals surface area contributed by atoms with E-state index in [0.717, 1.165) is 5.56 Å². The molecule has 6 heteroatoms. The summed E-state index contributed by atoms with van der Waals surface area (Å²) in [4.78, 5) is 37.7. The molecule has 1 heterocycles. The number of benzene rings is 1. The molecule has 0 aromatic heterocycles. The van der Waals surface area contributed by atoms with Gasteiger partial charge in [0.15, 0.2) is 0 Å². The van der Waals surface area contributed by atoms with E-state index in [-0.39, 0.29) is 30.1 Å². The van der Waals surface area contributed by atoms with E-state index in [0.29, 0.717) is 25.9 Å². The first-order chi connectivity index (χ1) is 11.9. The first kappa shape index (κ1) is 19.0. The normalized spacial score (nSPS) is 16.5. The number of aliphatic carboxylic acids is 1. The SMILES string of the molecule is CC(C)C(=O)N1CCC(C(=O)NC(Cc2ccccc2)C(=O)O)CC1. The minimum Gasteiger partial charge on any atom is -0.480 e. The molecule has 1 aliphatic rings. The van der Waals surface area contributed by atoms with Gasteiger partial charge in [0, 0.05) is 31.3 Å². The second kappa shape index (κ2) is 8.65. The molecule has 1 fully saturated rings. The van der Waals surface area contributed by atoms with E-state index in [1.165, 1.54) is 0 Å². The molecule has 0 saturated carbocycles. The second-order valence-electron chi connectivity index (χ2n) is 6.84. The van der Waals surface area contributed by atoms with E-state index < -0.39 is 12.0 Å². The van der Waals surface area contributed by atoms with Gasteiger partial charge in [-0.25, -0.2) is 4.79 Å². The highest BCUT2D eigenvalue weighted by molar-refractivity contribution is 5.85. The highest BCUT2D eigenvalue weighted by Gasteiger charge is 2.30. The first-order valence-electron chi connectivity index (χ1n) is 8.74. The molecule has 1 aromatic rings. The number of nitrogens with one attached hydrogen (secondary N) is 1. The highest BCUT2D eigenvalue weighted by atomic mass is 16.4. The van der Waals surface area contributed by atoms with Crippen molar-refractivity contribution in [1.82, 2.24) is 10.2 Å². The van der Waals surface area contributed by atoms with Crippen molar-refractivity contribution in [3.63, 3.8) is 0 Å². The van der Waals surface area contributed by atoms with Gasteiger partial charge in [-0.05, 0) is 18.4 Å². The predicted molar refractivity (Wildman–Crippen MR) is 93.9 cm³/mol. The molecule has 1 unspecified atom stereocenters. The average Bonchev–Trinajstić information content (AvgIpc) is 2.61. The van der Waals surface area contributed by atoms with Gasteiger partial charge in [-0.2, -0.15) is 0 Å². The van der Waals surface area contributed by atoms with E-state index >= 15 is 0 Å². The summed E-state index contributed by atoms with van der Waals surface area (Å²) in [7, 11) is 0. The lowest BCUT2D eigenvalue weighted by Gasteiger charge is -2.33. The van der Waals surface area contributed by atoms with Crippen molar-refractivity contribution in [2.45, 2.75) is 39.2 Å². The number of rotatable bonds is 6. The van der Waals surface area contributed by atoms with Crippen LogP contribution < -0.4 is 5.32 Å².